The molecule has 1 amide bonds. The smallest absolute Gasteiger partial charge is 0.417 e. The molecule has 0 aromatic heterocycles. The minimum atomic E-state index is -4.75. The highest BCUT2D eigenvalue weighted by Crippen LogP contribution is 2.33. The Morgan fingerprint density at radius 1 is 1.17 bits per heavy atom. The molecule has 0 bridgehead atoms. The number of nitrogens with one attached hydrogen (secondary N) is 1. The highest BCUT2D eigenvalue weighted by Gasteiger charge is 2.35. The van der Waals surface area contributed by atoms with Crippen molar-refractivity contribution in [1.82, 2.24) is 0 Å². The quantitative estimate of drug-likeness (QED) is 0.777. The Bertz CT molecular complexity index is 953. The molecule has 1 atom stereocenters. The number of ether oxygens (including phenoxy) is 1. The van der Waals surface area contributed by atoms with E-state index in [-0.39, 0.29) is 5.69 Å². The van der Waals surface area contributed by atoms with Crippen LogP contribution in [0.25, 0.3) is 0 Å². The zero-order chi connectivity index (χ0) is 22.0. The number of nitrogens with zero attached hydrogens (tertiary/aromatic N) is 1. The monoisotopic (exact) mass is 406 g/mol. The third-order valence-electron chi connectivity index (χ3n) is 4.29. The molecule has 2 aromatic rings. The van der Waals surface area contributed by atoms with Gasteiger partial charge in [-0.15, -0.1) is 0 Å². The van der Waals surface area contributed by atoms with Crippen LogP contribution in [0.15, 0.2) is 30.3 Å². The van der Waals surface area contributed by atoms with E-state index >= 15 is 0 Å². The van der Waals surface area contributed by atoms with E-state index in [1.165, 1.54) is 13.0 Å². The van der Waals surface area contributed by atoms with E-state index < -0.39 is 35.4 Å². The molecule has 5 nitrogen and oxygen atoms in total. The number of halogens is 3. The summed E-state index contributed by atoms with van der Waals surface area (Å²) in [5.41, 5.74) is -1.21. The molecule has 154 valence electrons. The van der Waals surface area contributed by atoms with Crippen LogP contribution < -0.4 is 10.1 Å². The average Bonchev–Trinajstić information content (AvgIpc) is 2.59. The molecule has 0 spiro atoms. The molecular formula is C21H21F3N2O3. The number of hydrogen-bond acceptors (Lipinski definition) is 4. The molecule has 0 aliphatic heterocycles. The van der Waals surface area contributed by atoms with Crippen molar-refractivity contribution in [3.63, 3.8) is 0 Å². The first-order valence-corrected chi connectivity index (χ1v) is 8.71. The SMILES string of the molecule is Cc1cc(C)c(OCC(C)(O)C(=O)Nc2ccc(C#N)c(C(F)(F)F)c2)c(C)c1. The molecule has 0 saturated carbocycles. The summed E-state index contributed by atoms with van der Waals surface area (Å²) in [5.74, 6) is -0.404. The molecule has 2 rings (SSSR count). The normalized spacial score (nSPS) is 13.3. The van der Waals surface area contributed by atoms with Crippen molar-refractivity contribution in [1.29, 1.82) is 5.26 Å². The Balaban J connectivity index is 2.17. The highest BCUT2D eigenvalue weighted by atomic mass is 19.4. The van der Waals surface area contributed by atoms with E-state index in [1.54, 1.807) is 0 Å². The second-order valence-electron chi connectivity index (χ2n) is 7.11. The molecule has 2 aromatic carbocycles. The second-order valence-corrected chi connectivity index (χ2v) is 7.11. The molecule has 0 radical (unpaired) electrons. The van der Waals surface area contributed by atoms with E-state index in [0.717, 1.165) is 28.8 Å². The largest absolute Gasteiger partial charge is 0.489 e. The number of carbonyl (C=O) groups excluding carboxylic acids is 1. The lowest BCUT2D eigenvalue weighted by Crippen LogP contribution is -2.45. The van der Waals surface area contributed by atoms with Gasteiger partial charge in [-0.1, -0.05) is 17.7 Å². The van der Waals surface area contributed by atoms with Crippen molar-refractivity contribution in [2.24, 2.45) is 0 Å². The number of alkyl halides is 3. The fourth-order valence-corrected chi connectivity index (χ4v) is 2.89. The Labute approximate surface area is 166 Å². The maximum absolute atomic E-state index is 13.1. The van der Waals surface area contributed by atoms with Gasteiger partial charge in [0.2, 0.25) is 0 Å². The Morgan fingerprint density at radius 2 is 1.76 bits per heavy atom. The van der Waals surface area contributed by atoms with Gasteiger partial charge in [0.1, 0.15) is 12.4 Å². The topological polar surface area (TPSA) is 82.3 Å². The van der Waals surface area contributed by atoms with E-state index in [1.807, 2.05) is 32.9 Å². The second kappa shape index (κ2) is 8.13. The molecule has 2 N–H and O–H groups in total. The molecule has 0 fully saturated rings. The number of amides is 1. The van der Waals surface area contributed by atoms with Crippen LogP contribution in [0.1, 0.15) is 34.7 Å². The Morgan fingerprint density at radius 3 is 2.28 bits per heavy atom. The van der Waals surface area contributed by atoms with Crippen LogP contribution in [-0.4, -0.2) is 23.2 Å². The number of aryl methyl sites for hydroxylation is 3. The summed E-state index contributed by atoms with van der Waals surface area (Å²) in [7, 11) is 0. The zero-order valence-electron chi connectivity index (χ0n) is 16.4. The van der Waals surface area contributed by atoms with Crippen LogP contribution in [0.4, 0.5) is 18.9 Å². The Kier molecular flexibility index (Phi) is 6.24. The predicted molar refractivity (Wildman–Crippen MR) is 102 cm³/mol. The summed E-state index contributed by atoms with van der Waals surface area (Å²) < 4.78 is 44.8. The van der Waals surface area contributed by atoms with Crippen LogP contribution in [0, 0.1) is 32.1 Å². The minimum absolute atomic E-state index is 0.190. The lowest BCUT2D eigenvalue weighted by molar-refractivity contribution is -0.138. The minimum Gasteiger partial charge on any atom is -0.489 e. The van der Waals surface area contributed by atoms with Gasteiger partial charge in [-0.05, 0) is 57.0 Å². The van der Waals surface area contributed by atoms with Gasteiger partial charge in [-0.3, -0.25) is 4.79 Å². The van der Waals surface area contributed by atoms with Gasteiger partial charge in [0, 0.05) is 5.69 Å². The van der Waals surface area contributed by atoms with Crippen molar-refractivity contribution in [3.05, 3.63) is 58.1 Å². The van der Waals surface area contributed by atoms with Crippen molar-refractivity contribution in [2.45, 2.75) is 39.5 Å². The number of benzene rings is 2. The van der Waals surface area contributed by atoms with Gasteiger partial charge in [0.25, 0.3) is 5.91 Å². The maximum Gasteiger partial charge on any atom is 0.417 e. The van der Waals surface area contributed by atoms with Crippen LogP contribution in [-0.2, 0) is 11.0 Å². The summed E-state index contributed by atoms with van der Waals surface area (Å²) >= 11 is 0. The van der Waals surface area contributed by atoms with Gasteiger partial charge >= 0.3 is 6.18 Å². The molecule has 8 heteroatoms. The number of nitriles is 1. The molecule has 1 unspecified atom stereocenters. The number of aliphatic hydroxyl groups is 1. The third kappa shape index (κ3) is 5.27. The van der Waals surface area contributed by atoms with E-state index in [2.05, 4.69) is 5.32 Å². The molecular weight excluding hydrogens is 385 g/mol. The number of carbonyl (C=O) groups is 1. The van der Waals surface area contributed by atoms with E-state index in [9.17, 15) is 23.1 Å². The summed E-state index contributed by atoms with van der Waals surface area (Å²) in [4.78, 5) is 12.4. The average molecular weight is 406 g/mol. The summed E-state index contributed by atoms with van der Waals surface area (Å²) in [6, 6.07) is 8.03. The number of anilines is 1. The van der Waals surface area contributed by atoms with E-state index in [0.29, 0.717) is 11.8 Å². The fraction of sp³-hybridized carbons (Fsp3) is 0.333. The van der Waals surface area contributed by atoms with Crippen LogP contribution >= 0.6 is 0 Å². The van der Waals surface area contributed by atoms with Gasteiger partial charge in [0.15, 0.2) is 5.60 Å². The van der Waals surface area contributed by atoms with Crippen molar-refractivity contribution in [2.75, 3.05) is 11.9 Å². The number of rotatable bonds is 5. The van der Waals surface area contributed by atoms with Gasteiger partial charge in [0.05, 0.1) is 17.2 Å². The Hall–Kier alpha value is -3.05. The first-order chi connectivity index (χ1) is 13.3. The van der Waals surface area contributed by atoms with E-state index in [4.69, 9.17) is 10.00 Å². The molecule has 0 aliphatic carbocycles. The van der Waals surface area contributed by atoms with Crippen LogP contribution in [0.2, 0.25) is 0 Å². The highest BCUT2D eigenvalue weighted by molar-refractivity contribution is 5.97. The molecule has 0 saturated heterocycles. The summed E-state index contributed by atoms with van der Waals surface area (Å²) in [5, 5.41) is 21.5. The maximum atomic E-state index is 13.1. The summed E-state index contributed by atoms with van der Waals surface area (Å²) in [6.45, 7) is 6.40. The molecule has 29 heavy (non-hydrogen) atoms. The zero-order valence-corrected chi connectivity index (χ0v) is 16.4. The standard InChI is InChI=1S/C21H21F3N2O3/c1-12-7-13(2)18(14(3)8-12)29-11-20(4,28)19(27)26-16-6-5-15(10-25)17(9-16)21(22,23)24/h5-9,28H,11H2,1-4H3,(H,26,27). The third-order valence-corrected chi connectivity index (χ3v) is 4.29. The number of hydrogen-bond donors (Lipinski definition) is 2. The van der Waals surface area contributed by atoms with Gasteiger partial charge in [-0.25, -0.2) is 0 Å². The van der Waals surface area contributed by atoms with Crippen molar-refractivity contribution >= 4 is 11.6 Å². The van der Waals surface area contributed by atoms with Crippen LogP contribution in [0.3, 0.4) is 0 Å². The van der Waals surface area contributed by atoms with Crippen molar-refractivity contribution < 1.29 is 27.8 Å². The molecule has 0 aliphatic rings. The predicted octanol–water partition coefficient (Wildman–Crippen LogP) is 4.27. The lowest BCUT2D eigenvalue weighted by Gasteiger charge is -2.24. The van der Waals surface area contributed by atoms with Gasteiger partial charge < -0.3 is 15.2 Å². The fourth-order valence-electron chi connectivity index (χ4n) is 2.89. The summed E-state index contributed by atoms with van der Waals surface area (Å²) in [6.07, 6.45) is -4.75. The first-order valence-electron chi connectivity index (χ1n) is 8.71. The first kappa shape index (κ1) is 22.2. The van der Waals surface area contributed by atoms with Crippen LogP contribution in [0.5, 0.6) is 5.75 Å². The molecule has 0 heterocycles. The van der Waals surface area contributed by atoms with Crippen molar-refractivity contribution in [3.8, 4) is 11.8 Å². The lowest BCUT2D eigenvalue weighted by atomic mass is 10.0. The van der Waals surface area contributed by atoms with Gasteiger partial charge in [-0.2, -0.15) is 18.4 Å².